The molecular formula is C26H29F3N3O2. The van der Waals surface area contributed by atoms with Crippen LogP contribution in [0.4, 0.5) is 13.2 Å². The van der Waals surface area contributed by atoms with Gasteiger partial charge in [0.05, 0.1) is 6.04 Å². The van der Waals surface area contributed by atoms with Gasteiger partial charge >= 0.3 is 0 Å². The van der Waals surface area contributed by atoms with E-state index in [0.717, 1.165) is 24.6 Å². The minimum Gasteiger partial charge on any atom is -0.343 e. The van der Waals surface area contributed by atoms with Gasteiger partial charge in [-0.3, -0.25) is 9.59 Å². The highest BCUT2D eigenvalue weighted by Crippen LogP contribution is 2.38. The van der Waals surface area contributed by atoms with Gasteiger partial charge in [-0.05, 0) is 61.1 Å². The Kier molecular flexibility index (Phi) is 7.56. The summed E-state index contributed by atoms with van der Waals surface area (Å²) < 4.78 is 43.0. The molecule has 2 heterocycles. The molecule has 2 aromatic rings. The fourth-order valence-electron chi connectivity index (χ4n) is 5.07. The molecule has 2 aliphatic rings. The van der Waals surface area contributed by atoms with Gasteiger partial charge in [0.25, 0.3) is 0 Å². The summed E-state index contributed by atoms with van der Waals surface area (Å²) in [5.41, 5.74) is 7.10. The maximum atomic E-state index is 14.7. The van der Waals surface area contributed by atoms with E-state index in [1.165, 1.54) is 12.1 Å². The molecule has 2 unspecified atom stereocenters. The van der Waals surface area contributed by atoms with Gasteiger partial charge in [-0.2, -0.15) is 0 Å². The van der Waals surface area contributed by atoms with Crippen LogP contribution in [0.25, 0.3) is 0 Å². The summed E-state index contributed by atoms with van der Waals surface area (Å²) >= 11 is 0. The van der Waals surface area contributed by atoms with E-state index in [1.54, 1.807) is 21.9 Å². The lowest BCUT2D eigenvalue weighted by Crippen LogP contribution is -2.40. The Morgan fingerprint density at radius 3 is 2.24 bits per heavy atom. The number of amides is 2. The lowest BCUT2D eigenvalue weighted by Gasteiger charge is -2.35. The van der Waals surface area contributed by atoms with Crippen molar-refractivity contribution in [1.29, 1.82) is 0 Å². The Morgan fingerprint density at radius 2 is 1.59 bits per heavy atom. The zero-order chi connectivity index (χ0) is 24.2. The number of benzene rings is 2. The molecule has 34 heavy (non-hydrogen) atoms. The Bertz CT molecular complexity index is 1050. The number of carbonyl (C=O) groups is 2. The van der Waals surface area contributed by atoms with E-state index in [4.69, 9.17) is 5.73 Å². The first kappa shape index (κ1) is 24.3. The molecule has 1 radical (unpaired) electrons. The largest absolute Gasteiger partial charge is 0.343 e. The number of hydrogen-bond acceptors (Lipinski definition) is 3. The highest BCUT2D eigenvalue weighted by atomic mass is 19.1. The average Bonchev–Trinajstić information content (AvgIpc) is 3.41. The average molecular weight is 473 g/mol. The standard InChI is InChI=1S/C26H29F3N3O2/c27-18-5-1-4-17(14-18)20(10-13-31-11-2-6-24(31)33)22(16-32-12-3-7-25(32)34)26(30)21-15-19(28)8-9-23(21)29/h1,4-5,8-9,14-15,20,22H,2-3,6-7,10-13,16,30H2. The number of nitrogens with zero attached hydrogens (tertiary/aromatic N) is 2. The van der Waals surface area contributed by atoms with Crippen LogP contribution >= 0.6 is 0 Å². The van der Waals surface area contributed by atoms with E-state index in [0.29, 0.717) is 50.9 Å². The van der Waals surface area contributed by atoms with Crippen LogP contribution in [0, 0.1) is 29.4 Å². The molecule has 2 fully saturated rings. The summed E-state index contributed by atoms with van der Waals surface area (Å²) in [4.78, 5) is 28.1. The zero-order valence-electron chi connectivity index (χ0n) is 19.0. The Morgan fingerprint density at radius 1 is 0.912 bits per heavy atom. The van der Waals surface area contributed by atoms with E-state index in [-0.39, 0.29) is 30.0 Å². The van der Waals surface area contributed by atoms with Crippen molar-refractivity contribution in [2.45, 2.75) is 38.0 Å². The molecule has 0 spiro atoms. The van der Waals surface area contributed by atoms with Gasteiger partial charge in [0.2, 0.25) is 11.8 Å². The van der Waals surface area contributed by atoms with Gasteiger partial charge in [0, 0.05) is 50.5 Å². The first-order valence-electron chi connectivity index (χ1n) is 11.7. The lowest BCUT2D eigenvalue weighted by atomic mass is 9.76. The van der Waals surface area contributed by atoms with E-state index < -0.39 is 29.3 Å². The fourth-order valence-corrected chi connectivity index (χ4v) is 5.07. The second-order valence-corrected chi connectivity index (χ2v) is 9.06. The van der Waals surface area contributed by atoms with Crippen LogP contribution in [-0.2, 0) is 9.59 Å². The third-order valence-electron chi connectivity index (χ3n) is 6.87. The van der Waals surface area contributed by atoms with E-state index >= 15 is 0 Å². The van der Waals surface area contributed by atoms with Crippen molar-refractivity contribution in [1.82, 2.24) is 9.80 Å². The van der Waals surface area contributed by atoms with Gasteiger partial charge in [-0.25, -0.2) is 13.2 Å². The number of rotatable bonds is 9. The molecule has 5 nitrogen and oxygen atoms in total. The summed E-state index contributed by atoms with van der Waals surface area (Å²) in [6.07, 6.45) is 2.87. The Labute approximate surface area is 197 Å². The van der Waals surface area contributed by atoms with Crippen LogP contribution in [0.1, 0.15) is 49.1 Å². The molecule has 2 N–H and O–H groups in total. The monoisotopic (exact) mass is 472 g/mol. The van der Waals surface area contributed by atoms with E-state index in [2.05, 4.69) is 0 Å². The third-order valence-corrected chi connectivity index (χ3v) is 6.87. The van der Waals surface area contributed by atoms with Crippen molar-refractivity contribution < 1.29 is 22.8 Å². The number of halogens is 3. The SMILES string of the molecule is N[C](c1cc(F)ccc1F)C(CN1CCCC1=O)C(CCN1CCCC1=O)c1cccc(F)c1. The maximum Gasteiger partial charge on any atom is 0.222 e. The second-order valence-electron chi connectivity index (χ2n) is 9.06. The van der Waals surface area contributed by atoms with Crippen molar-refractivity contribution >= 4 is 11.8 Å². The summed E-state index contributed by atoms with van der Waals surface area (Å²) in [5, 5.41) is 0. The van der Waals surface area contributed by atoms with Crippen LogP contribution in [0.3, 0.4) is 0 Å². The van der Waals surface area contributed by atoms with Crippen LogP contribution in [0.5, 0.6) is 0 Å². The first-order valence-corrected chi connectivity index (χ1v) is 11.7. The minimum atomic E-state index is -0.663. The number of carbonyl (C=O) groups excluding carboxylic acids is 2. The number of nitrogens with two attached hydrogens (primary N) is 1. The number of likely N-dealkylation sites (tertiary alicyclic amines) is 2. The molecule has 0 aromatic heterocycles. The van der Waals surface area contributed by atoms with Crippen LogP contribution in [-0.4, -0.2) is 47.8 Å². The molecule has 2 aliphatic heterocycles. The molecule has 0 aliphatic carbocycles. The van der Waals surface area contributed by atoms with Crippen LogP contribution < -0.4 is 5.73 Å². The molecule has 2 amide bonds. The second kappa shape index (κ2) is 10.6. The van der Waals surface area contributed by atoms with Crippen LogP contribution in [0.15, 0.2) is 42.5 Å². The molecule has 2 saturated heterocycles. The van der Waals surface area contributed by atoms with Gasteiger partial charge in [-0.1, -0.05) is 12.1 Å². The molecule has 8 heteroatoms. The normalized spacial score (nSPS) is 18.3. The minimum absolute atomic E-state index is 0.0229. The topological polar surface area (TPSA) is 66.6 Å². The van der Waals surface area contributed by atoms with Gasteiger partial charge in [0.15, 0.2) is 0 Å². The summed E-state index contributed by atoms with van der Waals surface area (Å²) in [6, 6.07) is 9.31. The third kappa shape index (κ3) is 5.43. The molecule has 0 saturated carbocycles. The van der Waals surface area contributed by atoms with Crippen molar-refractivity contribution in [2.75, 3.05) is 26.2 Å². The Balaban J connectivity index is 1.71. The molecule has 4 rings (SSSR count). The Hall–Kier alpha value is -2.87. The lowest BCUT2D eigenvalue weighted by molar-refractivity contribution is -0.128. The van der Waals surface area contributed by atoms with Crippen molar-refractivity contribution in [3.05, 3.63) is 77.1 Å². The molecule has 0 bridgehead atoms. The highest BCUT2D eigenvalue weighted by Gasteiger charge is 2.36. The van der Waals surface area contributed by atoms with Gasteiger partial charge < -0.3 is 15.5 Å². The predicted octanol–water partition coefficient (Wildman–Crippen LogP) is 3.98. The summed E-state index contributed by atoms with van der Waals surface area (Å²) in [7, 11) is 0. The van der Waals surface area contributed by atoms with Crippen LogP contribution in [0.2, 0.25) is 0 Å². The number of hydrogen-bond donors (Lipinski definition) is 1. The van der Waals surface area contributed by atoms with Crippen molar-refractivity contribution in [3.63, 3.8) is 0 Å². The van der Waals surface area contributed by atoms with Gasteiger partial charge in [-0.15, -0.1) is 0 Å². The van der Waals surface area contributed by atoms with E-state index in [9.17, 15) is 22.8 Å². The smallest absolute Gasteiger partial charge is 0.222 e. The fraction of sp³-hybridized carbons (Fsp3) is 0.423. The summed E-state index contributed by atoms with van der Waals surface area (Å²) in [5.74, 6) is -2.68. The first-order chi connectivity index (χ1) is 16.3. The highest BCUT2D eigenvalue weighted by molar-refractivity contribution is 5.78. The van der Waals surface area contributed by atoms with Gasteiger partial charge in [0.1, 0.15) is 17.5 Å². The van der Waals surface area contributed by atoms with E-state index in [1.807, 2.05) is 0 Å². The zero-order valence-corrected chi connectivity index (χ0v) is 19.0. The molecule has 2 atom stereocenters. The summed E-state index contributed by atoms with van der Waals surface area (Å²) in [6.45, 7) is 1.84. The molecular weight excluding hydrogens is 443 g/mol. The molecule has 2 aromatic carbocycles. The predicted molar refractivity (Wildman–Crippen MR) is 122 cm³/mol. The van der Waals surface area contributed by atoms with Crippen molar-refractivity contribution in [3.8, 4) is 0 Å². The maximum absolute atomic E-state index is 14.7. The van der Waals surface area contributed by atoms with Crippen molar-refractivity contribution in [2.24, 2.45) is 11.7 Å². The molecule has 181 valence electrons. The quantitative estimate of drug-likeness (QED) is 0.601.